The molecule has 0 amide bonds. The van der Waals surface area contributed by atoms with Crippen LogP contribution >= 0.6 is 27.5 Å². The van der Waals surface area contributed by atoms with Crippen LogP contribution in [0.1, 0.15) is 16.8 Å². The number of hydrogen-bond donors (Lipinski definition) is 0. The number of alkyl halides is 1. The van der Waals surface area contributed by atoms with E-state index >= 15 is 0 Å². The van der Waals surface area contributed by atoms with Gasteiger partial charge in [0.2, 0.25) is 11.7 Å². The van der Waals surface area contributed by atoms with E-state index in [4.69, 9.17) is 16.1 Å². The average molecular weight is 368 g/mol. The van der Waals surface area contributed by atoms with E-state index in [1.54, 1.807) is 6.07 Å². The van der Waals surface area contributed by atoms with E-state index in [-0.39, 0.29) is 5.82 Å². The topological polar surface area (TPSA) is 38.9 Å². The zero-order valence-electron chi connectivity index (χ0n) is 10.6. The second kappa shape index (κ2) is 5.95. The van der Waals surface area contributed by atoms with Crippen molar-refractivity contribution in [2.45, 2.75) is 5.38 Å². The Hall–Kier alpha value is -1.72. The third kappa shape index (κ3) is 2.99. The Kier molecular flexibility index (Phi) is 4.03. The molecule has 6 heteroatoms. The number of benzene rings is 2. The summed E-state index contributed by atoms with van der Waals surface area (Å²) in [6, 6.07) is 13.7. The van der Waals surface area contributed by atoms with E-state index < -0.39 is 5.38 Å². The summed E-state index contributed by atoms with van der Waals surface area (Å²) < 4.78 is 18.9. The summed E-state index contributed by atoms with van der Waals surface area (Å²) in [7, 11) is 0. The van der Waals surface area contributed by atoms with Crippen LogP contribution in [0.15, 0.2) is 57.5 Å². The number of rotatable bonds is 3. The maximum absolute atomic E-state index is 13.1. The van der Waals surface area contributed by atoms with Gasteiger partial charge in [-0.3, -0.25) is 0 Å². The molecule has 0 saturated heterocycles. The van der Waals surface area contributed by atoms with Gasteiger partial charge in [0.25, 0.3) is 0 Å². The summed E-state index contributed by atoms with van der Waals surface area (Å²) in [6.45, 7) is 0. The Labute approximate surface area is 133 Å². The second-order valence-electron chi connectivity index (χ2n) is 4.35. The highest BCUT2D eigenvalue weighted by molar-refractivity contribution is 9.10. The van der Waals surface area contributed by atoms with E-state index in [2.05, 4.69) is 26.1 Å². The SMILES string of the molecule is Fc1ccc(-c2noc(C(Cl)c3ccccc3)n2)c(Br)c1. The van der Waals surface area contributed by atoms with Crippen LogP contribution in [0.4, 0.5) is 4.39 Å². The standard InChI is InChI=1S/C15H9BrClFN2O/c16-12-8-10(18)6-7-11(12)14-19-15(21-20-14)13(17)9-4-2-1-3-5-9/h1-8,13H. The van der Waals surface area contributed by atoms with Crippen molar-refractivity contribution in [3.8, 4) is 11.4 Å². The third-order valence-electron chi connectivity index (χ3n) is 2.92. The maximum atomic E-state index is 13.1. The van der Waals surface area contributed by atoms with Gasteiger partial charge in [-0.05, 0) is 39.7 Å². The average Bonchev–Trinajstić information content (AvgIpc) is 2.97. The van der Waals surface area contributed by atoms with Crippen LogP contribution < -0.4 is 0 Å². The van der Waals surface area contributed by atoms with E-state index in [0.717, 1.165) is 5.56 Å². The van der Waals surface area contributed by atoms with Crippen LogP contribution in [0.25, 0.3) is 11.4 Å². The molecule has 0 bridgehead atoms. The lowest BCUT2D eigenvalue weighted by molar-refractivity contribution is 0.383. The lowest BCUT2D eigenvalue weighted by atomic mass is 10.1. The van der Waals surface area contributed by atoms with Gasteiger partial charge in [-0.25, -0.2) is 4.39 Å². The number of halogens is 3. The van der Waals surface area contributed by atoms with Gasteiger partial charge in [0.15, 0.2) is 0 Å². The van der Waals surface area contributed by atoms with Crippen LogP contribution in [-0.2, 0) is 0 Å². The van der Waals surface area contributed by atoms with Gasteiger partial charge in [0, 0.05) is 10.0 Å². The van der Waals surface area contributed by atoms with Crippen molar-refractivity contribution in [1.29, 1.82) is 0 Å². The molecule has 1 atom stereocenters. The number of hydrogen-bond acceptors (Lipinski definition) is 3. The molecule has 0 aliphatic rings. The summed E-state index contributed by atoms with van der Waals surface area (Å²) in [5.41, 5.74) is 1.51. The Balaban J connectivity index is 1.93. The smallest absolute Gasteiger partial charge is 0.249 e. The molecule has 0 radical (unpaired) electrons. The molecule has 3 aromatic rings. The fourth-order valence-electron chi connectivity index (χ4n) is 1.88. The van der Waals surface area contributed by atoms with Crippen molar-refractivity contribution >= 4 is 27.5 Å². The van der Waals surface area contributed by atoms with E-state index in [0.29, 0.717) is 21.8 Å². The normalized spacial score (nSPS) is 12.3. The fraction of sp³-hybridized carbons (Fsp3) is 0.0667. The van der Waals surface area contributed by atoms with Crippen molar-refractivity contribution in [3.63, 3.8) is 0 Å². The molecule has 21 heavy (non-hydrogen) atoms. The van der Waals surface area contributed by atoms with Crippen LogP contribution in [0.3, 0.4) is 0 Å². The minimum absolute atomic E-state index is 0.300. The van der Waals surface area contributed by atoms with E-state index in [9.17, 15) is 4.39 Å². The summed E-state index contributed by atoms with van der Waals surface area (Å²) in [5, 5.41) is 3.38. The molecule has 106 valence electrons. The van der Waals surface area contributed by atoms with Gasteiger partial charge in [0.05, 0.1) is 0 Å². The first kappa shape index (κ1) is 14.2. The zero-order chi connectivity index (χ0) is 14.8. The number of nitrogens with zero attached hydrogens (tertiary/aromatic N) is 2. The molecule has 0 aliphatic carbocycles. The predicted octanol–water partition coefficient (Wildman–Crippen LogP) is 4.97. The monoisotopic (exact) mass is 366 g/mol. The van der Waals surface area contributed by atoms with Crippen molar-refractivity contribution in [3.05, 3.63) is 70.3 Å². The Morgan fingerprint density at radius 1 is 1.14 bits per heavy atom. The first-order valence-electron chi connectivity index (χ1n) is 6.13. The molecule has 0 N–H and O–H groups in total. The largest absolute Gasteiger partial charge is 0.337 e. The quantitative estimate of drug-likeness (QED) is 0.614. The van der Waals surface area contributed by atoms with Gasteiger partial charge in [-0.15, -0.1) is 11.6 Å². The van der Waals surface area contributed by atoms with Crippen LogP contribution in [0.5, 0.6) is 0 Å². The first-order valence-corrected chi connectivity index (χ1v) is 7.36. The van der Waals surface area contributed by atoms with E-state index in [1.807, 2.05) is 30.3 Å². The number of aromatic nitrogens is 2. The molecule has 0 saturated carbocycles. The van der Waals surface area contributed by atoms with Gasteiger partial charge in [-0.1, -0.05) is 35.5 Å². The molecule has 1 unspecified atom stereocenters. The van der Waals surface area contributed by atoms with Crippen LogP contribution in [0.2, 0.25) is 0 Å². The highest BCUT2D eigenvalue weighted by Crippen LogP contribution is 2.31. The molecule has 3 nitrogen and oxygen atoms in total. The Bertz CT molecular complexity index is 763. The third-order valence-corrected chi connectivity index (χ3v) is 4.02. The zero-order valence-corrected chi connectivity index (χ0v) is 13.0. The van der Waals surface area contributed by atoms with Crippen LogP contribution in [0, 0.1) is 5.82 Å². The van der Waals surface area contributed by atoms with Crippen LogP contribution in [-0.4, -0.2) is 10.1 Å². The molecule has 0 aliphatic heterocycles. The summed E-state index contributed by atoms with van der Waals surface area (Å²) in [5.74, 6) is 0.321. The van der Waals surface area contributed by atoms with Gasteiger partial charge >= 0.3 is 0 Å². The predicted molar refractivity (Wildman–Crippen MR) is 81.5 cm³/mol. The molecular weight excluding hydrogens is 359 g/mol. The lowest BCUT2D eigenvalue weighted by Crippen LogP contribution is -1.93. The lowest BCUT2D eigenvalue weighted by Gasteiger charge is -2.03. The molecule has 2 aromatic carbocycles. The molecule has 3 rings (SSSR count). The highest BCUT2D eigenvalue weighted by Gasteiger charge is 2.19. The Morgan fingerprint density at radius 2 is 1.90 bits per heavy atom. The van der Waals surface area contributed by atoms with E-state index in [1.165, 1.54) is 12.1 Å². The minimum Gasteiger partial charge on any atom is -0.337 e. The molecular formula is C15H9BrClFN2O. The van der Waals surface area contributed by atoms with Gasteiger partial charge < -0.3 is 4.52 Å². The molecule has 0 fully saturated rings. The first-order chi connectivity index (χ1) is 10.1. The van der Waals surface area contributed by atoms with Crippen molar-refractivity contribution in [2.75, 3.05) is 0 Å². The van der Waals surface area contributed by atoms with Crippen molar-refractivity contribution < 1.29 is 8.91 Å². The van der Waals surface area contributed by atoms with Crippen molar-refractivity contribution in [2.24, 2.45) is 0 Å². The molecule has 1 aromatic heterocycles. The highest BCUT2D eigenvalue weighted by atomic mass is 79.9. The van der Waals surface area contributed by atoms with Gasteiger partial charge in [0.1, 0.15) is 11.2 Å². The second-order valence-corrected chi connectivity index (χ2v) is 5.64. The van der Waals surface area contributed by atoms with Gasteiger partial charge in [-0.2, -0.15) is 4.98 Å². The summed E-state index contributed by atoms with van der Waals surface area (Å²) in [6.07, 6.45) is 0. The Morgan fingerprint density at radius 3 is 2.62 bits per heavy atom. The van der Waals surface area contributed by atoms with Crippen molar-refractivity contribution in [1.82, 2.24) is 10.1 Å². The molecule has 0 spiro atoms. The maximum Gasteiger partial charge on any atom is 0.249 e. The summed E-state index contributed by atoms with van der Waals surface area (Å²) in [4.78, 5) is 4.29. The minimum atomic E-state index is -0.522. The fourth-order valence-corrected chi connectivity index (χ4v) is 2.65. The molecule has 1 heterocycles. The summed E-state index contributed by atoms with van der Waals surface area (Å²) >= 11 is 9.61.